The molecule has 0 aliphatic carbocycles. The van der Waals surface area contributed by atoms with Crippen molar-refractivity contribution >= 4 is 6.21 Å². The van der Waals surface area contributed by atoms with E-state index >= 15 is 0 Å². The lowest BCUT2D eigenvalue weighted by Gasteiger charge is -1.98. The van der Waals surface area contributed by atoms with Crippen LogP contribution in [0.15, 0.2) is 0 Å². The van der Waals surface area contributed by atoms with Gasteiger partial charge in [0.2, 0.25) is 0 Å². The summed E-state index contributed by atoms with van der Waals surface area (Å²) in [6.07, 6.45) is 7.51. The maximum atomic E-state index is 2.41. The van der Waals surface area contributed by atoms with Gasteiger partial charge in [-0.3, -0.25) is 0 Å². The van der Waals surface area contributed by atoms with Gasteiger partial charge in [-0.2, -0.15) is 0 Å². The van der Waals surface area contributed by atoms with E-state index in [2.05, 4.69) is 31.6 Å². The molecule has 0 N–H and O–H groups in total. The molecule has 0 fully saturated rings. The Morgan fingerprint density at radius 3 is 2.27 bits per heavy atom. The largest absolute Gasteiger partial charge is 0.240 e. The minimum atomic E-state index is 1.16. The second-order valence-corrected chi connectivity index (χ2v) is 2.93. The second-order valence-electron chi connectivity index (χ2n) is 2.93. The van der Waals surface area contributed by atoms with Gasteiger partial charge in [0.1, 0.15) is 19.3 Å². The highest BCUT2D eigenvalue weighted by Crippen LogP contribution is 1.93. The van der Waals surface area contributed by atoms with E-state index < -0.39 is 0 Å². The zero-order valence-electron chi connectivity index (χ0n) is 8.27. The molecule has 0 rings (SSSR count). The molecule has 0 saturated heterocycles. The molecule has 1 nitrogen and oxygen atoms in total. The van der Waals surface area contributed by atoms with Gasteiger partial charge in [-0.15, -0.1) is 0 Å². The fourth-order valence-corrected chi connectivity index (χ4v) is 1.20. The van der Waals surface area contributed by atoms with Crippen molar-refractivity contribution in [2.75, 3.05) is 13.1 Å². The van der Waals surface area contributed by atoms with Gasteiger partial charge < -0.3 is 0 Å². The Morgan fingerprint density at radius 2 is 1.82 bits per heavy atom. The molecule has 0 bridgehead atoms. The Morgan fingerprint density at radius 1 is 1.09 bits per heavy atom. The summed E-state index contributed by atoms with van der Waals surface area (Å²) in [5, 5.41) is 0. The lowest BCUT2D eigenvalue weighted by atomic mass is 10.2. The van der Waals surface area contributed by atoms with Gasteiger partial charge in [0.25, 0.3) is 0 Å². The SMILES string of the molecule is CCC=[N+](CC)CCCCC. The van der Waals surface area contributed by atoms with Crippen LogP contribution < -0.4 is 0 Å². The van der Waals surface area contributed by atoms with Gasteiger partial charge in [0, 0.05) is 12.8 Å². The third-order valence-electron chi connectivity index (χ3n) is 1.90. The van der Waals surface area contributed by atoms with E-state index in [4.69, 9.17) is 0 Å². The fraction of sp³-hybridized carbons (Fsp3) is 0.900. The Kier molecular flexibility index (Phi) is 7.54. The zero-order valence-corrected chi connectivity index (χ0v) is 8.27. The van der Waals surface area contributed by atoms with Gasteiger partial charge in [-0.25, -0.2) is 4.58 Å². The summed E-state index contributed by atoms with van der Waals surface area (Å²) >= 11 is 0. The van der Waals surface area contributed by atoms with Crippen LogP contribution >= 0.6 is 0 Å². The monoisotopic (exact) mass is 156 g/mol. The number of hydrogen-bond donors (Lipinski definition) is 0. The highest BCUT2D eigenvalue weighted by molar-refractivity contribution is 5.50. The third-order valence-corrected chi connectivity index (χ3v) is 1.90. The minimum absolute atomic E-state index is 1.16. The molecule has 0 atom stereocenters. The van der Waals surface area contributed by atoms with E-state index in [0.29, 0.717) is 0 Å². The van der Waals surface area contributed by atoms with E-state index in [0.717, 1.165) is 6.54 Å². The number of hydrogen-bond acceptors (Lipinski definition) is 0. The molecule has 0 heterocycles. The van der Waals surface area contributed by atoms with Gasteiger partial charge in [-0.1, -0.05) is 20.3 Å². The highest BCUT2D eigenvalue weighted by atomic mass is 15.0. The zero-order chi connectivity index (χ0) is 8.53. The topological polar surface area (TPSA) is 3.01 Å². The first kappa shape index (κ1) is 10.7. The maximum absolute atomic E-state index is 2.41. The van der Waals surface area contributed by atoms with Gasteiger partial charge >= 0.3 is 0 Å². The molecular formula is C10H22N+. The summed E-state index contributed by atoms with van der Waals surface area (Å²) in [6.45, 7) is 9.08. The predicted molar refractivity (Wildman–Crippen MR) is 51.5 cm³/mol. The molecule has 0 aliphatic heterocycles. The molecule has 66 valence electrons. The van der Waals surface area contributed by atoms with Crippen LogP contribution in [0.25, 0.3) is 0 Å². The quantitative estimate of drug-likeness (QED) is 0.316. The average molecular weight is 156 g/mol. The Bertz CT molecular complexity index is 105. The summed E-state index contributed by atoms with van der Waals surface area (Å²) in [5.74, 6) is 0. The van der Waals surface area contributed by atoms with Crippen molar-refractivity contribution in [3.63, 3.8) is 0 Å². The van der Waals surface area contributed by atoms with Crippen LogP contribution in [0.1, 0.15) is 46.5 Å². The van der Waals surface area contributed by atoms with E-state index in [-0.39, 0.29) is 0 Å². The first-order valence-electron chi connectivity index (χ1n) is 4.92. The van der Waals surface area contributed by atoms with Crippen LogP contribution in [0.4, 0.5) is 0 Å². The Hall–Kier alpha value is -0.330. The van der Waals surface area contributed by atoms with E-state index in [1.807, 2.05) is 0 Å². The summed E-state index contributed by atoms with van der Waals surface area (Å²) < 4.78 is 2.41. The number of nitrogens with zero attached hydrogens (tertiary/aromatic N) is 1. The lowest BCUT2D eigenvalue weighted by molar-refractivity contribution is -0.521. The van der Waals surface area contributed by atoms with Crippen molar-refractivity contribution < 1.29 is 4.58 Å². The van der Waals surface area contributed by atoms with Crippen LogP contribution in [0.5, 0.6) is 0 Å². The van der Waals surface area contributed by atoms with Gasteiger partial charge in [0.15, 0.2) is 0 Å². The Labute approximate surface area is 71.1 Å². The van der Waals surface area contributed by atoms with E-state index in [1.54, 1.807) is 0 Å². The highest BCUT2D eigenvalue weighted by Gasteiger charge is 1.97. The summed E-state index contributed by atoms with van der Waals surface area (Å²) in [4.78, 5) is 0. The van der Waals surface area contributed by atoms with Crippen molar-refractivity contribution in [2.45, 2.75) is 46.5 Å². The van der Waals surface area contributed by atoms with E-state index in [1.165, 1.54) is 32.2 Å². The number of unbranched alkanes of at least 4 members (excludes halogenated alkanes) is 2. The standard InChI is InChI=1S/C10H22N/c1-4-7-8-10-11(6-3)9-5-2/h9H,4-8,10H2,1-3H3/q+1. The predicted octanol–water partition coefficient (Wildman–Crippen LogP) is 2.69. The van der Waals surface area contributed by atoms with Crippen molar-refractivity contribution in [3.8, 4) is 0 Å². The van der Waals surface area contributed by atoms with Crippen LogP contribution in [-0.4, -0.2) is 23.9 Å². The molecule has 0 unspecified atom stereocenters. The molecule has 0 aromatic carbocycles. The molecule has 0 aliphatic rings. The molecule has 0 saturated carbocycles. The Balaban J connectivity index is 3.44. The smallest absolute Gasteiger partial charge is 0.142 e. The normalized spacial score (nSPS) is 12.1. The van der Waals surface area contributed by atoms with Crippen molar-refractivity contribution in [3.05, 3.63) is 0 Å². The van der Waals surface area contributed by atoms with Crippen LogP contribution in [-0.2, 0) is 0 Å². The summed E-state index contributed by atoms with van der Waals surface area (Å²) in [5.41, 5.74) is 0. The molecule has 0 aromatic heterocycles. The first-order chi connectivity index (χ1) is 5.35. The lowest BCUT2D eigenvalue weighted by Crippen LogP contribution is -2.13. The van der Waals surface area contributed by atoms with Crippen molar-refractivity contribution in [2.24, 2.45) is 0 Å². The van der Waals surface area contributed by atoms with E-state index in [9.17, 15) is 0 Å². The van der Waals surface area contributed by atoms with Gasteiger partial charge in [0.05, 0.1) is 0 Å². The maximum Gasteiger partial charge on any atom is 0.142 e. The second kappa shape index (κ2) is 7.77. The molecule has 0 aromatic rings. The van der Waals surface area contributed by atoms with Crippen LogP contribution in [0, 0.1) is 0 Å². The molecule has 0 radical (unpaired) electrons. The summed E-state index contributed by atoms with van der Waals surface area (Å²) in [6, 6.07) is 0. The third kappa shape index (κ3) is 6.08. The van der Waals surface area contributed by atoms with Crippen LogP contribution in [0.2, 0.25) is 0 Å². The molecule has 0 spiro atoms. The molecule has 0 amide bonds. The minimum Gasteiger partial charge on any atom is -0.240 e. The average Bonchev–Trinajstić information content (AvgIpc) is 2.03. The van der Waals surface area contributed by atoms with Crippen LogP contribution in [0.3, 0.4) is 0 Å². The van der Waals surface area contributed by atoms with Crippen molar-refractivity contribution in [1.29, 1.82) is 0 Å². The first-order valence-corrected chi connectivity index (χ1v) is 4.92. The summed E-state index contributed by atoms with van der Waals surface area (Å²) in [7, 11) is 0. The number of rotatable bonds is 6. The van der Waals surface area contributed by atoms with Gasteiger partial charge in [-0.05, 0) is 13.3 Å². The molecule has 1 heteroatoms. The molecular weight excluding hydrogens is 134 g/mol. The molecule has 11 heavy (non-hydrogen) atoms. The van der Waals surface area contributed by atoms with Crippen molar-refractivity contribution in [1.82, 2.24) is 0 Å². The fourth-order valence-electron chi connectivity index (χ4n) is 1.20.